The molecule has 5 rings (SSSR count). The SMILES string of the molecule is CN(C)c1ccc(/C=C2\CCn3c2nc2ccc(NC(=O)CCN4CCCCC4)cc2c3=O)cc1. The number of carbonyl (C=O) groups excluding carboxylic acids is 1. The molecular weight excluding hydrogens is 438 g/mol. The summed E-state index contributed by atoms with van der Waals surface area (Å²) in [5.41, 5.74) is 4.56. The van der Waals surface area contributed by atoms with Gasteiger partial charge in [0.2, 0.25) is 5.91 Å². The largest absolute Gasteiger partial charge is 0.378 e. The molecule has 0 saturated carbocycles. The van der Waals surface area contributed by atoms with E-state index in [4.69, 9.17) is 4.98 Å². The molecule has 0 aliphatic carbocycles. The Bertz CT molecular complexity index is 1320. The van der Waals surface area contributed by atoms with E-state index < -0.39 is 0 Å². The summed E-state index contributed by atoms with van der Waals surface area (Å²) in [7, 11) is 4.04. The highest BCUT2D eigenvalue weighted by Crippen LogP contribution is 2.28. The molecule has 0 atom stereocenters. The number of carbonyl (C=O) groups is 1. The summed E-state index contributed by atoms with van der Waals surface area (Å²) >= 11 is 0. The molecule has 1 aromatic heterocycles. The van der Waals surface area contributed by atoms with E-state index in [1.165, 1.54) is 19.3 Å². The van der Waals surface area contributed by atoms with Gasteiger partial charge in [0.05, 0.1) is 10.9 Å². The number of benzene rings is 2. The number of hydrogen-bond donors (Lipinski definition) is 1. The molecule has 3 heterocycles. The highest BCUT2D eigenvalue weighted by molar-refractivity contribution is 5.94. The molecular formula is C28H33N5O2. The molecule has 2 aliphatic heterocycles. The third-order valence-corrected chi connectivity index (χ3v) is 6.98. The minimum atomic E-state index is -0.0548. The number of amides is 1. The van der Waals surface area contributed by atoms with Crippen LogP contribution in [0.25, 0.3) is 22.6 Å². The molecule has 3 aromatic rings. The zero-order valence-electron chi connectivity index (χ0n) is 20.6. The van der Waals surface area contributed by atoms with Gasteiger partial charge in [0, 0.05) is 45.0 Å². The van der Waals surface area contributed by atoms with Crippen molar-refractivity contribution in [2.45, 2.75) is 38.6 Å². The van der Waals surface area contributed by atoms with E-state index in [1.54, 1.807) is 10.6 Å². The van der Waals surface area contributed by atoms with Gasteiger partial charge >= 0.3 is 0 Å². The number of hydrogen-bond acceptors (Lipinski definition) is 5. The Morgan fingerprint density at radius 1 is 1.06 bits per heavy atom. The molecule has 0 unspecified atom stereocenters. The molecule has 7 nitrogen and oxygen atoms in total. The lowest BCUT2D eigenvalue weighted by atomic mass is 10.1. The first-order valence-corrected chi connectivity index (χ1v) is 12.5. The maximum Gasteiger partial charge on any atom is 0.261 e. The van der Waals surface area contributed by atoms with Gasteiger partial charge in [-0.1, -0.05) is 18.6 Å². The highest BCUT2D eigenvalue weighted by Gasteiger charge is 2.21. The fourth-order valence-electron chi connectivity index (χ4n) is 4.97. The number of allylic oxidation sites excluding steroid dienone is 1. The Labute approximate surface area is 206 Å². The van der Waals surface area contributed by atoms with Crippen molar-refractivity contribution in [1.29, 1.82) is 0 Å². The first kappa shape index (κ1) is 23.3. The third-order valence-electron chi connectivity index (χ3n) is 6.98. The molecule has 7 heteroatoms. The Morgan fingerprint density at radius 2 is 1.83 bits per heavy atom. The summed E-state index contributed by atoms with van der Waals surface area (Å²) in [6.45, 7) is 3.55. The number of fused-ring (bicyclic) bond motifs is 2. The molecule has 182 valence electrons. The number of anilines is 2. The van der Waals surface area contributed by atoms with E-state index in [9.17, 15) is 9.59 Å². The quantitative estimate of drug-likeness (QED) is 0.583. The molecule has 0 radical (unpaired) electrons. The first-order valence-electron chi connectivity index (χ1n) is 12.5. The van der Waals surface area contributed by atoms with Crippen LogP contribution in [0.4, 0.5) is 11.4 Å². The topological polar surface area (TPSA) is 70.5 Å². The van der Waals surface area contributed by atoms with Crippen LogP contribution in [0.2, 0.25) is 0 Å². The van der Waals surface area contributed by atoms with Gasteiger partial charge in [0.25, 0.3) is 5.56 Å². The molecule has 0 spiro atoms. The van der Waals surface area contributed by atoms with Crippen LogP contribution in [0.5, 0.6) is 0 Å². The fourth-order valence-corrected chi connectivity index (χ4v) is 4.97. The second-order valence-corrected chi connectivity index (χ2v) is 9.73. The Balaban J connectivity index is 1.34. The van der Waals surface area contributed by atoms with Crippen molar-refractivity contribution in [3.63, 3.8) is 0 Å². The summed E-state index contributed by atoms with van der Waals surface area (Å²) in [5.74, 6) is 0.715. The standard InChI is InChI=1S/C28H33N5O2/c1-31(2)23-9-6-20(7-10-23)18-21-12-17-33-27(21)30-25-11-8-22(19-24(25)28(33)35)29-26(34)13-16-32-14-4-3-5-15-32/h6-11,18-19H,3-5,12-17H2,1-2H3,(H,29,34)/b21-18+. The van der Waals surface area contributed by atoms with Gasteiger partial charge in [-0.15, -0.1) is 0 Å². The van der Waals surface area contributed by atoms with Crippen LogP contribution in [0.1, 0.15) is 43.5 Å². The predicted molar refractivity (Wildman–Crippen MR) is 143 cm³/mol. The van der Waals surface area contributed by atoms with Crippen LogP contribution in [0, 0.1) is 0 Å². The molecule has 35 heavy (non-hydrogen) atoms. The zero-order valence-corrected chi connectivity index (χ0v) is 20.6. The van der Waals surface area contributed by atoms with Gasteiger partial charge in [-0.25, -0.2) is 4.98 Å². The summed E-state index contributed by atoms with van der Waals surface area (Å²) in [6, 6.07) is 13.8. The predicted octanol–water partition coefficient (Wildman–Crippen LogP) is 4.22. The Kier molecular flexibility index (Phi) is 6.68. The molecule has 2 aromatic carbocycles. The van der Waals surface area contributed by atoms with Gasteiger partial charge < -0.3 is 15.1 Å². The monoisotopic (exact) mass is 471 g/mol. The van der Waals surface area contributed by atoms with Crippen molar-refractivity contribution in [3.05, 3.63) is 64.2 Å². The summed E-state index contributed by atoms with van der Waals surface area (Å²) < 4.78 is 1.75. The van der Waals surface area contributed by atoms with Crippen LogP contribution in [0.15, 0.2) is 47.3 Å². The van der Waals surface area contributed by atoms with Crippen molar-refractivity contribution < 1.29 is 4.79 Å². The zero-order chi connectivity index (χ0) is 24.4. The minimum absolute atomic E-state index is 0.0188. The van der Waals surface area contributed by atoms with Gasteiger partial charge in [0.15, 0.2) is 0 Å². The molecule has 1 N–H and O–H groups in total. The van der Waals surface area contributed by atoms with E-state index >= 15 is 0 Å². The summed E-state index contributed by atoms with van der Waals surface area (Å²) in [6.07, 6.45) is 7.07. The number of aromatic nitrogens is 2. The van der Waals surface area contributed by atoms with Crippen molar-refractivity contribution in [2.75, 3.05) is 43.9 Å². The number of piperidine rings is 1. The summed E-state index contributed by atoms with van der Waals surface area (Å²) in [4.78, 5) is 35.0. The molecule has 1 saturated heterocycles. The number of rotatable bonds is 6. The molecule has 1 fully saturated rings. The van der Waals surface area contributed by atoms with Crippen LogP contribution in [0.3, 0.4) is 0 Å². The number of nitrogens with one attached hydrogen (secondary N) is 1. The van der Waals surface area contributed by atoms with Crippen LogP contribution >= 0.6 is 0 Å². The molecule has 2 aliphatic rings. The lowest BCUT2D eigenvalue weighted by molar-refractivity contribution is -0.116. The minimum Gasteiger partial charge on any atom is -0.378 e. The normalized spacial score (nSPS) is 17.0. The average molecular weight is 472 g/mol. The number of likely N-dealkylation sites (tertiary alicyclic amines) is 1. The summed E-state index contributed by atoms with van der Waals surface area (Å²) in [5, 5.41) is 3.51. The lowest BCUT2D eigenvalue weighted by Crippen LogP contribution is -2.32. The first-order chi connectivity index (χ1) is 17.0. The van der Waals surface area contributed by atoms with Crippen LogP contribution in [-0.2, 0) is 11.3 Å². The van der Waals surface area contributed by atoms with Crippen molar-refractivity contribution in [2.24, 2.45) is 0 Å². The smallest absolute Gasteiger partial charge is 0.261 e. The van der Waals surface area contributed by atoms with Crippen LogP contribution < -0.4 is 15.8 Å². The molecule has 0 bridgehead atoms. The van der Waals surface area contributed by atoms with Gasteiger partial charge in [0.1, 0.15) is 5.82 Å². The van der Waals surface area contributed by atoms with Crippen molar-refractivity contribution in [3.8, 4) is 0 Å². The van der Waals surface area contributed by atoms with Crippen LogP contribution in [-0.4, -0.2) is 54.1 Å². The lowest BCUT2D eigenvalue weighted by Gasteiger charge is -2.25. The van der Waals surface area contributed by atoms with Gasteiger partial charge in [-0.05, 0) is 79.9 Å². The Hall–Kier alpha value is -3.45. The second-order valence-electron chi connectivity index (χ2n) is 9.73. The van der Waals surface area contributed by atoms with E-state index in [2.05, 4.69) is 45.5 Å². The van der Waals surface area contributed by atoms with Crippen molar-refractivity contribution in [1.82, 2.24) is 14.5 Å². The molecule has 1 amide bonds. The second kappa shape index (κ2) is 10.0. The van der Waals surface area contributed by atoms with Crippen molar-refractivity contribution >= 4 is 39.8 Å². The number of nitrogens with zero attached hydrogens (tertiary/aromatic N) is 4. The van der Waals surface area contributed by atoms with Gasteiger partial charge in [-0.2, -0.15) is 0 Å². The third kappa shape index (κ3) is 5.15. The maximum atomic E-state index is 13.3. The Morgan fingerprint density at radius 3 is 2.57 bits per heavy atom. The van der Waals surface area contributed by atoms with E-state index in [0.717, 1.165) is 48.7 Å². The van der Waals surface area contributed by atoms with E-state index in [-0.39, 0.29) is 11.5 Å². The van der Waals surface area contributed by atoms with E-state index in [0.29, 0.717) is 29.6 Å². The van der Waals surface area contributed by atoms with E-state index in [1.807, 2.05) is 26.2 Å². The maximum absolute atomic E-state index is 13.3. The fraction of sp³-hybridized carbons (Fsp3) is 0.393. The average Bonchev–Trinajstić information content (AvgIpc) is 3.27. The highest BCUT2D eigenvalue weighted by atomic mass is 16.1. The van der Waals surface area contributed by atoms with Gasteiger partial charge in [-0.3, -0.25) is 14.2 Å².